The summed E-state index contributed by atoms with van der Waals surface area (Å²) in [5.41, 5.74) is 4.94. The van der Waals surface area contributed by atoms with Crippen molar-refractivity contribution in [2.45, 2.75) is 32.2 Å². The second kappa shape index (κ2) is 11.2. The number of carbonyl (C=O) groups is 1. The Balaban J connectivity index is 3.45. The number of hydrogen-bond donors (Lipinski definition) is 1. The van der Waals surface area contributed by atoms with Gasteiger partial charge in [-0.3, -0.25) is 4.79 Å². The van der Waals surface area contributed by atoms with Gasteiger partial charge in [0.1, 0.15) is 5.54 Å². The summed E-state index contributed by atoms with van der Waals surface area (Å²) in [6.45, 7) is 6.58. The first-order valence-electron chi connectivity index (χ1n) is 6.65. The fourth-order valence-corrected chi connectivity index (χ4v) is 1.40. The molecule has 0 amide bonds. The molecule has 6 heteroatoms. The molecule has 0 aromatic heterocycles. The minimum Gasteiger partial charge on any atom is -0.465 e. The molecule has 0 fully saturated rings. The van der Waals surface area contributed by atoms with Crippen LogP contribution in [-0.2, 0) is 23.7 Å². The van der Waals surface area contributed by atoms with Crippen LogP contribution in [0.1, 0.15) is 26.7 Å². The van der Waals surface area contributed by atoms with Crippen LogP contribution in [0.3, 0.4) is 0 Å². The van der Waals surface area contributed by atoms with Gasteiger partial charge in [0.2, 0.25) is 0 Å². The number of methoxy groups -OCH3 is 1. The predicted molar refractivity (Wildman–Crippen MR) is 72.0 cm³/mol. The van der Waals surface area contributed by atoms with Gasteiger partial charge in [-0.25, -0.2) is 0 Å². The third kappa shape index (κ3) is 9.84. The lowest BCUT2D eigenvalue weighted by molar-refractivity contribution is -0.149. The molecule has 0 aromatic carbocycles. The topological polar surface area (TPSA) is 80.0 Å². The van der Waals surface area contributed by atoms with E-state index >= 15 is 0 Å². The Morgan fingerprint density at radius 3 is 2.26 bits per heavy atom. The molecule has 0 radical (unpaired) electrons. The molecule has 2 N–H and O–H groups in total. The smallest absolute Gasteiger partial charge is 0.325 e. The second-order valence-electron chi connectivity index (χ2n) is 4.46. The lowest BCUT2D eigenvalue weighted by atomic mass is 9.98. The van der Waals surface area contributed by atoms with Crippen LogP contribution in [0.4, 0.5) is 0 Å². The van der Waals surface area contributed by atoms with Crippen LogP contribution < -0.4 is 5.73 Å². The van der Waals surface area contributed by atoms with Crippen molar-refractivity contribution in [2.24, 2.45) is 5.73 Å². The maximum absolute atomic E-state index is 11.5. The predicted octanol–water partition coefficient (Wildman–Crippen LogP) is 0.727. The van der Waals surface area contributed by atoms with Gasteiger partial charge in [-0.15, -0.1) is 0 Å². The summed E-state index contributed by atoms with van der Waals surface area (Å²) < 4.78 is 20.4. The van der Waals surface area contributed by atoms with Gasteiger partial charge in [-0.05, 0) is 26.7 Å². The lowest BCUT2D eigenvalue weighted by Crippen LogP contribution is -2.46. The molecule has 6 nitrogen and oxygen atoms in total. The van der Waals surface area contributed by atoms with E-state index in [1.54, 1.807) is 21.0 Å². The highest BCUT2D eigenvalue weighted by Gasteiger charge is 2.29. The van der Waals surface area contributed by atoms with Crippen LogP contribution in [-0.4, -0.2) is 58.3 Å². The zero-order valence-electron chi connectivity index (χ0n) is 12.3. The summed E-state index contributed by atoms with van der Waals surface area (Å²) >= 11 is 0. The molecular formula is C13H27NO5. The first kappa shape index (κ1) is 18.3. The van der Waals surface area contributed by atoms with Crippen molar-refractivity contribution in [3.05, 3.63) is 0 Å². The van der Waals surface area contributed by atoms with Crippen molar-refractivity contribution in [3.8, 4) is 0 Å². The normalized spacial score (nSPS) is 14.1. The minimum atomic E-state index is -0.936. The molecule has 0 aliphatic rings. The summed E-state index contributed by atoms with van der Waals surface area (Å²) in [6.07, 6.45) is 1.25. The Morgan fingerprint density at radius 1 is 1.11 bits per heavy atom. The third-order valence-corrected chi connectivity index (χ3v) is 2.53. The Bertz CT molecular complexity index is 233. The van der Waals surface area contributed by atoms with E-state index in [0.717, 1.165) is 0 Å². The zero-order chi connectivity index (χ0) is 14.6. The summed E-state index contributed by atoms with van der Waals surface area (Å²) in [4.78, 5) is 11.5. The fourth-order valence-electron chi connectivity index (χ4n) is 1.40. The van der Waals surface area contributed by atoms with E-state index in [4.69, 9.17) is 24.7 Å². The molecule has 0 saturated heterocycles. The summed E-state index contributed by atoms with van der Waals surface area (Å²) in [5.74, 6) is -0.363. The highest BCUT2D eigenvalue weighted by atomic mass is 16.5. The Morgan fingerprint density at radius 2 is 1.68 bits per heavy atom. The van der Waals surface area contributed by atoms with Crippen LogP contribution >= 0.6 is 0 Å². The maximum Gasteiger partial charge on any atom is 0.325 e. The standard InChI is InChI=1S/C13H27NO5/c1-4-19-12(15)13(2,14)6-5-7-17-10-11-18-9-8-16-3/h4-11,14H2,1-3H3. The largest absolute Gasteiger partial charge is 0.465 e. The number of esters is 1. The van der Waals surface area contributed by atoms with E-state index < -0.39 is 5.54 Å². The third-order valence-electron chi connectivity index (χ3n) is 2.53. The van der Waals surface area contributed by atoms with Gasteiger partial charge in [-0.2, -0.15) is 0 Å². The number of carbonyl (C=O) groups excluding carboxylic acids is 1. The zero-order valence-corrected chi connectivity index (χ0v) is 12.3. The van der Waals surface area contributed by atoms with Gasteiger partial charge in [-0.1, -0.05) is 0 Å². The molecule has 0 aliphatic carbocycles. The number of hydrogen-bond acceptors (Lipinski definition) is 6. The van der Waals surface area contributed by atoms with Crippen LogP contribution in [0.25, 0.3) is 0 Å². The molecule has 0 aromatic rings. The van der Waals surface area contributed by atoms with E-state index in [2.05, 4.69) is 0 Å². The average Bonchev–Trinajstić information content (AvgIpc) is 2.37. The van der Waals surface area contributed by atoms with Crippen molar-refractivity contribution in [1.82, 2.24) is 0 Å². The SMILES string of the molecule is CCOC(=O)C(C)(N)CCCOCCOCCOC. The molecule has 1 atom stereocenters. The van der Waals surface area contributed by atoms with Crippen LogP contribution in [0.5, 0.6) is 0 Å². The lowest BCUT2D eigenvalue weighted by Gasteiger charge is -2.21. The molecule has 0 saturated carbocycles. The molecule has 0 bridgehead atoms. The van der Waals surface area contributed by atoms with Gasteiger partial charge in [0.25, 0.3) is 0 Å². The summed E-state index contributed by atoms with van der Waals surface area (Å²) in [7, 11) is 1.63. The van der Waals surface area contributed by atoms with Gasteiger partial charge < -0.3 is 24.7 Å². The number of rotatable bonds is 12. The quantitative estimate of drug-likeness (QED) is 0.418. The minimum absolute atomic E-state index is 0.348. The summed E-state index contributed by atoms with van der Waals surface area (Å²) in [5, 5.41) is 0. The average molecular weight is 277 g/mol. The molecule has 0 rings (SSSR count). The van der Waals surface area contributed by atoms with Crippen molar-refractivity contribution in [2.75, 3.05) is 46.8 Å². The highest BCUT2D eigenvalue weighted by Crippen LogP contribution is 2.11. The first-order valence-corrected chi connectivity index (χ1v) is 6.65. The Kier molecular flexibility index (Phi) is 10.8. The Hall–Kier alpha value is -0.690. The van der Waals surface area contributed by atoms with Gasteiger partial charge in [0.05, 0.1) is 33.0 Å². The summed E-state index contributed by atoms with van der Waals surface area (Å²) in [6, 6.07) is 0. The van der Waals surface area contributed by atoms with Gasteiger partial charge in [0.15, 0.2) is 0 Å². The highest BCUT2D eigenvalue weighted by molar-refractivity contribution is 5.79. The van der Waals surface area contributed by atoms with Crippen LogP contribution in [0.15, 0.2) is 0 Å². The van der Waals surface area contributed by atoms with Gasteiger partial charge in [0, 0.05) is 13.7 Å². The second-order valence-corrected chi connectivity index (χ2v) is 4.46. The van der Waals surface area contributed by atoms with E-state index in [1.807, 2.05) is 0 Å². The molecule has 1 unspecified atom stereocenters. The molecule has 19 heavy (non-hydrogen) atoms. The number of ether oxygens (including phenoxy) is 4. The monoisotopic (exact) mass is 277 g/mol. The first-order chi connectivity index (χ1) is 9.04. The van der Waals surface area contributed by atoms with E-state index in [1.165, 1.54) is 0 Å². The van der Waals surface area contributed by atoms with Crippen molar-refractivity contribution < 1.29 is 23.7 Å². The fraction of sp³-hybridized carbons (Fsp3) is 0.923. The van der Waals surface area contributed by atoms with E-state index in [9.17, 15) is 4.79 Å². The van der Waals surface area contributed by atoms with Gasteiger partial charge >= 0.3 is 5.97 Å². The van der Waals surface area contributed by atoms with Crippen LogP contribution in [0, 0.1) is 0 Å². The van der Waals surface area contributed by atoms with Crippen molar-refractivity contribution in [3.63, 3.8) is 0 Å². The molecule has 0 heterocycles. The number of nitrogens with two attached hydrogens (primary N) is 1. The Labute approximate surface area is 115 Å². The van der Waals surface area contributed by atoms with E-state index in [0.29, 0.717) is 52.5 Å². The van der Waals surface area contributed by atoms with Crippen molar-refractivity contribution >= 4 is 5.97 Å². The van der Waals surface area contributed by atoms with E-state index in [-0.39, 0.29) is 5.97 Å². The molecular weight excluding hydrogens is 250 g/mol. The molecule has 0 spiro atoms. The van der Waals surface area contributed by atoms with Crippen molar-refractivity contribution in [1.29, 1.82) is 0 Å². The van der Waals surface area contributed by atoms with Crippen LogP contribution in [0.2, 0.25) is 0 Å². The molecule has 0 aliphatic heterocycles. The molecule has 114 valence electrons. The maximum atomic E-state index is 11.5.